The van der Waals surface area contributed by atoms with Crippen molar-refractivity contribution in [1.29, 1.82) is 0 Å². The number of fused-ring (bicyclic) bond motifs is 2. The molecule has 0 aliphatic carbocycles. The molecule has 2 aromatic carbocycles. The first-order valence-electron chi connectivity index (χ1n) is 10.1. The number of imidazole rings is 1. The number of benzene rings is 2. The molecule has 5 nitrogen and oxygen atoms in total. The number of piperidine rings is 1. The lowest BCUT2D eigenvalue weighted by atomic mass is 9.96. The van der Waals surface area contributed by atoms with Crippen LogP contribution in [0.2, 0.25) is 0 Å². The number of para-hydroxylation sites is 3. The van der Waals surface area contributed by atoms with Gasteiger partial charge in [0.05, 0.1) is 11.0 Å². The summed E-state index contributed by atoms with van der Waals surface area (Å²) < 4.78 is 0. The van der Waals surface area contributed by atoms with E-state index in [1.807, 2.05) is 41.4 Å². The van der Waals surface area contributed by atoms with Crippen LogP contribution in [-0.4, -0.2) is 38.8 Å². The summed E-state index contributed by atoms with van der Waals surface area (Å²) in [4.78, 5) is 26.4. The van der Waals surface area contributed by atoms with E-state index in [0.29, 0.717) is 6.42 Å². The van der Waals surface area contributed by atoms with Crippen LogP contribution < -0.4 is 0 Å². The van der Waals surface area contributed by atoms with Gasteiger partial charge in [0.15, 0.2) is 0 Å². The predicted molar refractivity (Wildman–Crippen MR) is 111 cm³/mol. The zero-order valence-electron chi connectivity index (χ0n) is 15.8. The van der Waals surface area contributed by atoms with Crippen molar-refractivity contribution in [2.45, 2.75) is 31.6 Å². The molecule has 0 unspecified atom stereocenters. The number of aromatic nitrogens is 3. The SMILES string of the molecule is O=C(CCc1c[nH]c2ccccc12)N1CCC[C@H](c2nc3ccccc3[nH]2)C1. The Morgan fingerprint density at radius 2 is 1.93 bits per heavy atom. The second kappa shape index (κ2) is 7.15. The monoisotopic (exact) mass is 372 g/mol. The van der Waals surface area contributed by atoms with Gasteiger partial charge in [-0.05, 0) is 43.0 Å². The fourth-order valence-corrected chi connectivity index (χ4v) is 4.33. The van der Waals surface area contributed by atoms with Crippen LogP contribution in [0.4, 0.5) is 0 Å². The van der Waals surface area contributed by atoms with Gasteiger partial charge in [0.2, 0.25) is 5.91 Å². The number of carbonyl (C=O) groups is 1. The molecule has 1 aliphatic heterocycles. The third-order valence-electron chi connectivity index (χ3n) is 5.85. The maximum atomic E-state index is 12.9. The van der Waals surface area contributed by atoms with Crippen molar-refractivity contribution in [3.05, 3.63) is 66.1 Å². The normalized spacial score (nSPS) is 17.4. The minimum atomic E-state index is 0.242. The standard InChI is InChI=1S/C23H24N4O/c28-22(12-11-16-14-24-19-8-2-1-7-18(16)19)27-13-5-6-17(15-27)23-25-20-9-3-4-10-21(20)26-23/h1-4,7-10,14,17,24H,5-6,11-13,15H2,(H,25,26)/t17-/m0/s1. The maximum absolute atomic E-state index is 12.9. The highest BCUT2D eigenvalue weighted by atomic mass is 16.2. The number of H-pyrrole nitrogens is 2. The fraction of sp³-hybridized carbons (Fsp3) is 0.304. The number of hydrogen-bond acceptors (Lipinski definition) is 2. The molecule has 5 heteroatoms. The number of nitrogens with one attached hydrogen (secondary N) is 2. The minimum Gasteiger partial charge on any atom is -0.361 e. The van der Waals surface area contributed by atoms with E-state index < -0.39 is 0 Å². The number of aromatic amines is 2. The van der Waals surface area contributed by atoms with Crippen LogP contribution in [0, 0.1) is 0 Å². The highest BCUT2D eigenvalue weighted by Crippen LogP contribution is 2.27. The Morgan fingerprint density at radius 1 is 1.11 bits per heavy atom. The van der Waals surface area contributed by atoms with Crippen molar-refractivity contribution in [1.82, 2.24) is 19.9 Å². The van der Waals surface area contributed by atoms with Crippen LogP contribution in [0.25, 0.3) is 21.9 Å². The van der Waals surface area contributed by atoms with Crippen molar-refractivity contribution < 1.29 is 4.79 Å². The van der Waals surface area contributed by atoms with Crippen molar-refractivity contribution in [3.8, 4) is 0 Å². The lowest BCUT2D eigenvalue weighted by molar-refractivity contribution is -0.132. The Morgan fingerprint density at radius 3 is 2.82 bits per heavy atom. The molecular weight excluding hydrogens is 348 g/mol. The van der Waals surface area contributed by atoms with Crippen LogP contribution in [0.15, 0.2) is 54.7 Å². The fourth-order valence-electron chi connectivity index (χ4n) is 4.33. The number of likely N-dealkylation sites (tertiary alicyclic amines) is 1. The van der Waals surface area contributed by atoms with E-state index in [1.165, 1.54) is 10.9 Å². The van der Waals surface area contributed by atoms with Gasteiger partial charge in [0, 0.05) is 42.5 Å². The molecule has 0 saturated carbocycles. The summed E-state index contributed by atoms with van der Waals surface area (Å²) >= 11 is 0. The highest BCUT2D eigenvalue weighted by Gasteiger charge is 2.26. The lowest BCUT2D eigenvalue weighted by Gasteiger charge is -2.32. The molecule has 0 bridgehead atoms. The molecule has 1 aliphatic rings. The first-order chi connectivity index (χ1) is 13.8. The number of amides is 1. The predicted octanol–water partition coefficient (Wildman–Crippen LogP) is 4.38. The first kappa shape index (κ1) is 17.0. The molecule has 28 heavy (non-hydrogen) atoms. The van der Waals surface area contributed by atoms with Crippen molar-refractivity contribution >= 4 is 27.8 Å². The summed E-state index contributed by atoms with van der Waals surface area (Å²) in [5, 5.41) is 1.22. The van der Waals surface area contributed by atoms with Gasteiger partial charge in [0.25, 0.3) is 0 Å². The second-order valence-corrected chi connectivity index (χ2v) is 7.68. The van der Waals surface area contributed by atoms with Crippen molar-refractivity contribution in [2.24, 2.45) is 0 Å². The zero-order chi connectivity index (χ0) is 18.9. The molecule has 4 aromatic rings. The van der Waals surface area contributed by atoms with Crippen molar-refractivity contribution in [3.63, 3.8) is 0 Å². The molecule has 5 rings (SSSR count). The van der Waals surface area contributed by atoms with Crippen LogP contribution >= 0.6 is 0 Å². The second-order valence-electron chi connectivity index (χ2n) is 7.68. The average molecular weight is 372 g/mol. The third kappa shape index (κ3) is 3.17. The van der Waals surface area contributed by atoms with Gasteiger partial charge in [-0.25, -0.2) is 4.98 Å². The quantitative estimate of drug-likeness (QED) is 0.558. The Kier molecular flexibility index (Phi) is 4.35. The van der Waals surface area contributed by atoms with Crippen LogP contribution in [0.1, 0.15) is 36.6 Å². The number of nitrogens with zero attached hydrogens (tertiary/aromatic N) is 2. The molecular formula is C23H24N4O. The number of aryl methyl sites for hydroxylation is 1. The lowest BCUT2D eigenvalue weighted by Crippen LogP contribution is -2.39. The van der Waals surface area contributed by atoms with E-state index in [4.69, 9.17) is 4.98 Å². The maximum Gasteiger partial charge on any atom is 0.222 e. The summed E-state index contributed by atoms with van der Waals surface area (Å²) in [6, 6.07) is 16.4. The smallest absolute Gasteiger partial charge is 0.222 e. The van der Waals surface area contributed by atoms with E-state index in [0.717, 1.165) is 54.7 Å². The number of rotatable bonds is 4. The van der Waals surface area contributed by atoms with Gasteiger partial charge in [-0.2, -0.15) is 0 Å². The van der Waals surface area contributed by atoms with E-state index in [-0.39, 0.29) is 11.8 Å². The summed E-state index contributed by atoms with van der Waals surface area (Å²) in [6.45, 7) is 1.61. The first-order valence-corrected chi connectivity index (χ1v) is 10.1. The number of carbonyl (C=O) groups excluding carboxylic acids is 1. The van der Waals surface area contributed by atoms with E-state index >= 15 is 0 Å². The Hall–Kier alpha value is -3.08. The van der Waals surface area contributed by atoms with E-state index in [1.54, 1.807) is 0 Å². The van der Waals surface area contributed by atoms with Gasteiger partial charge in [0.1, 0.15) is 5.82 Å². The molecule has 1 saturated heterocycles. The Labute approximate surface area is 163 Å². The topological polar surface area (TPSA) is 64.8 Å². The molecule has 0 radical (unpaired) electrons. The molecule has 142 valence electrons. The molecule has 1 amide bonds. The molecule has 2 aromatic heterocycles. The summed E-state index contributed by atoms with van der Waals surface area (Å²) in [7, 11) is 0. The van der Waals surface area contributed by atoms with Gasteiger partial charge >= 0.3 is 0 Å². The van der Waals surface area contributed by atoms with Gasteiger partial charge < -0.3 is 14.9 Å². The molecule has 1 fully saturated rings. The van der Waals surface area contributed by atoms with Gasteiger partial charge in [-0.15, -0.1) is 0 Å². The third-order valence-corrected chi connectivity index (χ3v) is 5.85. The molecule has 2 N–H and O–H groups in total. The summed E-state index contributed by atoms with van der Waals surface area (Å²) in [5.41, 5.74) is 4.42. The average Bonchev–Trinajstić information content (AvgIpc) is 3.36. The summed E-state index contributed by atoms with van der Waals surface area (Å²) in [6.07, 6.45) is 5.46. The van der Waals surface area contributed by atoms with E-state index in [2.05, 4.69) is 28.2 Å². The van der Waals surface area contributed by atoms with Crippen LogP contribution in [-0.2, 0) is 11.2 Å². The summed E-state index contributed by atoms with van der Waals surface area (Å²) in [5.74, 6) is 1.54. The van der Waals surface area contributed by atoms with Gasteiger partial charge in [-0.1, -0.05) is 30.3 Å². The van der Waals surface area contributed by atoms with Crippen molar-refractivity contribution in [2.75, 3.05) is 13.1 Å². The number of hydrogen-bond donors (Lipinski definition) is 2. The minimum absolute atomic E-state index is 0.242. The zero-order valence-corrected chi connectivity index (χ0v) is 15.8. The van der Waals surface area contributed by atoms with Crippen LogP contribution in [0.3, 0.4) is 0 Å². The molecule has 1 atom stereocenters. The Balaban J connectivity index is 1.26. The van der Waals surface area contributed by atoms with Crippen LogP contribution in [0.5, 0.6) is 0 Å². The van der Waals surface area contributed by atoms with Gasteiger partial charge in [-0.3, -0.25) is 4.79 Å². The largest absolute Gasteiger partial charge is 0.361 e. The molecule has 0 spiro atoms. The van der Waals surface area contributed by atoms with E-state index in [9.17, 15) is 4.79 Å². The highest BCUT2D eigenvalue weighted by molar-refractivity contribution is 5.84. The molecule has 3 heterocycles. The Bertz CT molecular complexity index is 1090.